The summed E-state index contributed by atoms with van der Waals surface area (Å²) in [7, 11) is 0. The molecule has 1 saturated heterocycles. The van der Waals surface area contributed by atoms with Gasteiger partial charge in [0, 0.05) is 12.0 Å². The van der Waals surface area contributed by atoms with E-state index in [-0.39, 0.29) is 17.1 Å². The van der Waals surface area contributed by atoms with Crippen LogP contribution in [-0.4, -0.2) is 25.6 Å². The van der Waals surface area contributed by atoms with Crippen LogP contribution in [0.1, 0.15) is 64.9 Å². The first-order chi connectivity index (χ1) is 13.5. The molecule has 154 valence electrons. The first kappa shape index (κ1) is 20.1. The van der Waals surface area contributed by atoms with Crippen LogP contribution in [0.3, 0.4) is 0 Å². The quantitative estimate of drug-likeness (QED) is 0.433. The summed E-state index contributed by atoms with van der Waals surface area (Å²) in [5, 5.41) is 0. The van der Waals surface area contributed by atoms with Gasteiger partial charge in [-0.25, -0.2) is 0 Å². The number of hydrogen-bond acceptors (Lipinski definition) is 3. The van der Waals surface area contributed by atoms with Crippen LogP contribution < -0.4 is 0 Å². The molecule has 0 radical (unpaired) electrons. The Hall–Kier alpha value is -1.16. The van der Waals surface area contributed by atoms with E-state index in [4.69, 9.17) is 14.2 Å². The van der Waals surface area contributed by atoms with Crippen molar-refractivity contribution in [3.05, 3.63) is 47.5 Å². The van der Waals surface area contributed by atoms with Crippen LogP contribution >= 0.6 is 0 Å². The fraction of sp³-hybridized carbons (Fsp3) is 0.680. The maximum Gasteiger partial charge on any atom is 0.157 e. The highest BCUT2D eigenvalue weighted by molar-refractivity contribution is 5.29. The van der Waals surface area contributed by atoms with Crippen molar-refractivity contribution in [1.82, 2.24) is 0 Å². The van der Waals surface area contributed by atoms with Crippen molar-refractivity contribution < 1.29 is 14.2 Å². The largest absolute Gasteiger partial charge is 0.376 e. The van der Waals surface area contributed by atoms with Crippen LogP contribution in [0.15, 0.2) is 42.0 Å². The Balaban J connectivity index is 1.31. The number of rotatable bonds is 7. The van der Waals surface area contributed by atoms with E-state index in [1.54, 1.807) is 5.57 Å². The molecule has 0 amide bonds. The summed E-state index contributed by atoms with van der Waals surface area (Å²) in [6.07, 6.45) is 9.55. The minimum atomic E-state index is 0.0181. The van der Waals surface area contributed by atoms with E-state index in [0.29, 0.717) is 18.6 Å². The van der Waals surface area contributed by atoms with Crippen molar-refractivity contribution in [3.8, 4) is 0 Å². The van der Waals surface area contributed by atoms with Crippen molar-refractivity contribution in [2.75, 3.05) is 13.2 Å². The first-order valence-electron chi connectivity index (χ1n) is 11.1. The standard InChI is InChI=1S/C25H36O3/c1-24(2)21-16-22(28-23-13-7-8-15-27-23)25(24,3)17-20(21)12-9-14-26-18-19-10-5-4-6-11-19/h4-6,10-12,21-23H,7-9,13-18H2,1-3H3/b20-12+/t21-,22-,23?,25-/m1/s1. The lowest BCUT2D eigenvalue weighted by Crippen LogP contribution is -2.40. The van der Waals surface area contributed by atoms with Gasteiger partial charge in [0.25, 0.3) is 0 Å². The van der Waals surface area contributed by atoms with Gasteiger partial charge in [0.05, 0.1) is 19.3 Å². The molecular formula is C25H36O3. The SMILES string of the molecule is CC1(C)[C@@H]2C[C@@H](OC3CCCCO3)[C@@]1(C)C/C2=C\CCOCc1ccccc1. The first-order valence-corrected chi connectivity index (χ1v) is 11.1. The number of hydrogen-bond donors (Lipinski definition) is 0. The molecule has 1 aromatic carbocycles. The second-order valence-corrected chi connectivity index (χ2v) is 9.63. The number of benzene rings is 1. The molecule has 4 rings (SSSR count). The highest BCUT2D eigenvalue weighted by Crippen LogP contribution is 2.68. The van der Waals surface area contributed by atoms with Crippen molar-refractivity contribution in [1.29, 1.82) is 0 Å². The molecule has 0 aromatic heterocycles. The maximum atomic E-state index is 6.49. The van der Waals surface area contributed by atoms with E-state index in [0.717, 1.165) is 38.9 Å². The van der Waals surface area contributed by atoms with Gasteiger partial charge in [0.1, 0.15) is 0 Å². The summed E-state index contributed by atoms with van der Waals surface area (Å²) < 4.78 is 18.2. The lowest BCUT2D eigenvalue weighted by atomic mass is 9.70. The van der Waals surface area contributed by atoms with E-state index < -0.39 is 0 Å². The zero-order valence-electron chi connectivity index (χ0n) is 17.8. The van der Waals surface area contributed by atoms with Gasteiger partial charge in [-0.05, 0) is 55.4 Å². The number of allylic oxidation sites excluding steroid dienone is 1. The Morgan fingerprint density at radius 2 is 1.96 bits per heavy atom. The molecule has 1 unspecified atom stereocenters. The van der Waals surface area contributed by atoms with Gasteiger partial charge in [0.2, 0.25) is 0 Å². The number of fused-ring (bicyclic) bond motifs is 2. The van der Waals surface area contributed by atoms with Gasteiger partial charge in [-0.15, -0.1) is 0 Å². The predicted octanol–water partition coefficient (Wildman–Crippen LogP) is 5.89. The molecule has 1 heterocycles. The van der Waals surface area contributed by atoms with Gasteiger partial charge >= 0.3 is 0 Å². The van der Waals surface area contributed by atoms with Crippen molar-refractivity contribution in [2.45, 2.75) is 78.3 Å². The van der Waals surface area contributed by atoms with Crippen LogP contribution in [-0.2, 0) is 20.8 Å². The monoisotopic (exact) mass is 384 g/mol. The molecule has 3 heteroatoms. The van der Waals surface area contributed by atoms with Crippen LogP contribution in [0.25, 0.3) is 0 Å². The van der Waals surface area contributed by atoms with Crippen molar-refractivity contribution in [3.63, 3.8) is 0 Å². The molecule has 4 atom stereocenters. The topological polar surface area (TPSA) is 27.7 Å². The minimum Gasteiger partial charge on any atom is -0.376 e. The second kappa shape index (κ2) is 8.30. The third kappa shape index (κ3) is 3.81. The van der Waals surface area contributed by atoms with Gasteiger partial charge in [-0.3, -0.25) is 0 Å². The molecule has 28 heavy (non-hydrogen) atoms. The smallest absolute Gasteiger partial charge is 0.157 e. The summed E-state index contributed by atoms with van der Waals surface area (Å²) in [5.41, 5.74) is 3.35. The summed E-state index contributed by atoms with van der Waals surface area (Å²) in [6, 6.07) is 10.4. The maximum absolute atomic E-state index is 6.49. The Labute approximate surface area is 170 Å². The summed E-state index contributed by atoms with van der Waals surface area (Å²) in [5.74, 6) is 0.625. The lowest BCUT2D eigenvalue weighted by molar-refractivity contribution is -0.211. The molecule has 1 aromatic rings. The summed E-state index contributed by atoms with van der Waals surface area (Å²) in [6.45, 7) is 9.67. The molecular weight excluding hydrogens is 348 g/mol. The third-order valence-electron chi connectivity index (χ3n) is 7.76. The van der Waals surface area contributed by atoms with Gasteiger partial charge in [0.15, 0.2) is 6.29 Å². The van der Waals surface area contributed by atoms with Gasteiger partial charge in [-0.2, -0.15) is 0 Å². The van der Waals surface area contributed by atoms with Crippen LogP contribution in [0.4, 0.5) is 0 Å². The molecule has 0 N–H and O–H groups in total. The zero-order chi connectivity index (χ0) is 19.6. The van der Waals surface area contributed by atoms with E-state index in [9.17, 15) is 0 Å². The van der Waals surface area contributed by atoms with E-state index in [1.807, 2.05) is 6.07 Å². The van der Waals surface area contributed by atoms with Crippen LogP contribution in [0, 0.1) is 16.7 Å². The highest BCUT2D eigenvalue weighted by Gasteiger charge is 2.64. The van der Waals surface area contributed by atoms with Gasteiger partial charge < -0.3 is 14.2 Å². The van der Waals surface area contributed by atoms with E-state index in [2.05, 4.69) is 51.1 Å². The second-order valence-electron chi connectivity index (χ2n) is 9.63. The molecule has 2 bridgehead atoms. The fourth-order valence-electron chi connectivity index (χ4n) is 5.60. The summed E-state index contributed by atoms with van der Waals surface area (Å²) >= 11 is 0. The fourth-order valence-corrected chi connectivity index (χ4v) is 5.60. The van der Waals surface area contributed by atoms with Crippen LogP contribution in [0.5, 0.6) is 0 Å². The summed E-state index contributed by atoms with van der Waals surface area (Å²) in [4.78, 5) is 0. The highest BCUT2D eigenvalue weighted by atomic mass is 16.7. The molecule has 2 saturated carbocycles. The normalized spacial score (nSPS) is 35.5. The molecule has 0 spiro atoms. The molecule has 2 aliphatic carbocycles. The lowest BCUT2D eigenvalue weighted by Gasteiger charge is -2.40. The Kier molecular flexibility index (Phi) is 5.96. The van der Waals surface area contributed by atoms with Crippen molar-refractivity contribution in [2.24, 2.45) is 16.7 Å². The molecule has 1 aliphatic heterocycles. The average Bonchev–Trinajstić information content (AvgIpc) is 3.01. The van der Waals surface area contributed by atoms with Gasteiger partial charge in [-0.1, -0.05) is 62.8 Å². The predicted molar refractivity (Wildman–Crippen MR) is 112 cm³/mol. The molecule has 3 aliphatic rings. The Bertz CT molecular complexity index is 674. The van der Waals surface area contributed by atoms with Crippen LogP contribution in [0.2, 0.25) is 0 Å². The van der Waals surface area contributed by atoms with Crippen molar-refractivity contribution >= 4 is 0 Å². The molecule has 3 fully saturated rings. The average molecular weight is 385 g/mol. The number of ether oxygens (including phenoxy) is 3. The minimum absolute atomic E-state index is 0.0181. The van der Waals surface area contributed by atoms with E-state index in [1.165, 1.54) is 18.4 Å². The molecule has 3 nitrogen and oxygen atoms in total. The Morgan fingerprint density at radius 3 is 2.64 bits per heavy atom. The van der Waals surface area contributed by atoms with E-state index >= 15 is 0 Å². The Morgan fingerprint density at radius 1 is 1.14 bits per heavy atom. The zero-order valence-corrected chi connectivity index (χ0v) is 17.8. The third-order valence-corrected chi connectivity index (χ3v) is 7.76.